The minimum absolute atomic E-state index is 0.235. The van der Waals surface area contributed by atoms with E-state index in [1.54, 1.807) is 16.3 Å². The molecule has 1 saturated heterocycles. The fourth-order valence-corrected chi connectivity index (χ4v) is 4.05. The molecule has 1 aromatic rings. The Hall–Kier alpha value is -1.87. The van der Waals surface area contributed by atoms with Crippen LogP contribution < -0.4 is 0 Å². The number of amides is 1. The van der Waals surface area contributed by atoms with Crippen molar-refractivity contribution in [2.45, 2.75) is 43.7 Å². The Labute approximate surface area is 120 Å². The fourth-order valence-electron chi connectivity index (χ4n) is 3.28. The van der Waals surface area contributed by atoms with Gasteiger partial charge in [0.05, 0.1) is 10.4 Å². The zero-order valence-electron chi connectivity index (χ0n) is 10.8. The molecule has 1 spiro atoms. The molecule has 1 unspecified atom stereocenters. The number of nitriles is 1. The molecule has 2 aliphatic rings. The number of likely N-dealkylation sites (tertiary alicyclic amines) is 1. The zero-order valence-corrected chi connectivity index (χ0v) is 11.7. The normalized spacial score (nSPS) is 23.4. The predicted octanol–water partition coefficient (Wildman–Crippen LogP) is 2.23. The summed E-state index contributed by atoms with van der Waals surface area (Å²) in [6, 6.07) is 2.82. The summed E-state index contributed by atoms with van der Waals surface area (Å²) in [6.07, 6.45) is 4.12. The van der Waals surface area contributed by atoms with Crippen LogP contribution in [0.1, 0.15) is 47.3 Å². The van der Waals surface area contributed by atoms with Crippen molar-refractivity contribution in [1.82, 2.24) is 4.90 Å². The van der Waals surface area contributed by atoms with Crippen molar-refractivity contribution in [3.8, 4) is 6.07 Å². The highest BCUT2D eigenvalue weighted by molar-refractivity contribution is 7.12. The van der Waals surface area contributed by atoms with E-state index in [1.807, 2.05) is 6.07 Å². The van der Waals surface area contributed by atoms with Crippen LogP contribution in [0.3, 0.4) is 0 Å². The van der Waals surface area contributed by atoms with Gasteiger partial charge in [-0.25, -0.2) is 4.79 Å². The first kappa shape index (κ1) is 13.1. The van der Waals surface area contributed by atoms with Gasteiger partial charge in [-0.3, -0.25) is 4.79 Å². The van der Waals surface area contributed by atoms with E-state index >= 15 is 0 Å². The van der Waals surface area contributed by atoms with Crippen molar-refractivity contribution in [3.63, 3.8) is 0 Å². The van der Waals surface area contributed by atoms with E-state index in [2.05, 4.69) is 0 Å². The van der Waals surface area contributed by atoms with Gasteiger partial charge in [0.15, 0.2) is 0 Å². The summed E-state index contributed by atoms with van der Waals surface area (Å²) in [5.74, 6) is -1.17. The van der Waals surface area contributed by atoms with E-state index in [9.17, 15) is 14.7 Å². The number of carbonyl (C=O) groups excluding carboxylic acids is 1. The number of hydrogen-bond acceptors (Lipinski definition) is 4. The zero-order chi connectivity index (χ0) is 14.3. The van der Waals surface area contributed by atoms with Crippen molar-refractivity contribution in [2.24, 2.45) is 0 Å². The van der Waals surface area contributed by atoms with Crippen molar-refractivity contribution in [1.29, 1.82) is 5.26 Å². The standard InChI is InChI=1S/C14H14N2O3S/c15-7-9-6-11(20-8-9)12(17)16-10(13(18)19)2-5-14(16)3-1-4-14/h6,8,10H,1-5H2,(H,18,19). The van der Waals surface area contributed by atoms with Gasteiger partial charge in [0.1, 0.15) is 12.1 Å². The number of aliphatic carboxylic acids is 1. The Balaban J connectivity index is 1.94. The number of nitrogens with zero attached hydrogens (tertiary/aromatic N) is 2. The Kier molecular flexibility index (Phi) is 3.02. The van der Waals surface area contributed by atoms with Gasteiger partial charge in [-0.15, -0.1) is 11.3 Å². The Bertz CT molecular complexity index is 612. The maximum absolute atomic E-state index is 12.7. The van der Waals surface area contributed by atoms with Crippen LogP contribution in [0.15, 0.2) is 11.4 Å². The summed E-state index contributed by atoms with van der Waals surface area (Å²) in [7, 11) is 0. The number of carboxylic acids is 1. The summed E-state index contributed by atoms with van der Waals surface area (Å²) < 4.78 is 0. The third-order valence-electron chi connectivity index (χ3n) is 4.43. The average molecular weight is 290 g/mol. The second kappa shape index (κ2) is 4.60. The lowest BCUT2D eigenvalue weighted by Gasteiger charge is -2.46. The molecule has 1 aromatic heterocycles. The molecular weight excluding hydrogens is 276 g/mol. The molecular formula is C14H14N2O3S. The summed E-state index contributed by atoms with van der Waals surface area (Å²) in [5, 5.41) is 19.8. The highest BCUT2D eigenvalue weighted by Gasteiger charge is 2.54. The topological polar surface area (TPSA) is 81.4 Å². The molecule has 1 N–H and O–H groups in total. The van der Waals surface area contributed by atoms with E-state index in [4.69, 9.17) is 5.26 Å². The molecule has 5 nitrogen and oxygen atoms in total. The number of thiophene rings is 1. The van der Waals surface area contributed by atoms with Gasteiger partial charge in [0.2, 0.25) is 0 Å². The van der Waals surface area contributed by atoms with E-state index in [0.29, 0.717) is 16.9 Å². The molecule has 3 rings (SSSR count). The monoisotopic (exact) mass is 290 g/mol. The maximum atomic E-state index is 12.7. The minimum Gasteiger partial charge on any atom is -0.480 e. The van der Waals surface area contributed by atoms with Gasteiger partial charge in [0.25, 0.3) is 5.91 Å². The lowest BCUT2D eigenvalue weighted by Crippen LogP contribution is -2.56. The molecule has 2 fully saturated rings. The van der Waals surface area contributed by atoms with Crippen molar-refractivity contribution in [3.05, 3.63) is 21.9 Å². The summed E-state index contributed by atoms with van der Waals surface area (Å²) in [5.41, 5.74) is 0.198. The van der Waals surface area contributed by atoms with E-state index < -0.39 is 12.0 Å². The Morgan fingerprint density at radius 3 is 2.70 bits per heavy atom. The summed E-state index contributed by atoms with van der Waals surface area (Å²) >= 11 is 1.21. The molecule has 1 aliphatic heterocycles. The molecule has 0 aromatic carbocycles. The second-order valence-electron chi connectivity index (χ2n) is 5.46. The van der Waals surface area contributed by atoms with Crippen molar-refractivity contribution in [2.75, 3.05) is 0 Å². The van der Waals surface area contributed by atoms with E-state index in [1.165, 1.54) is 11.3 Å². The molecule has 20 heavy (non-hydrogen) atoms. The van der Waals surface area contributed by atoms with Crippen LogP contribution in [0.5, 0.6) is 0 Å². The van der Waals surface area contributed by atoms with Crippen LogP contribution in [0.2, 0.25) is 0 Å². The molecule has 1 atom stereocenters. The third-order valence-corrected chi connectivity index (χ3v) is 5.35. The van der Waals surface area contributed by atoms with Crippen molar-refractivity contribution < 1.29 is 14.7 Å². The number of hydrogen-bond donors (Lipinski definition) is 1. The average Bonchev–Trinajstić information content (AvgIpc) is 3.01. The van der Waals surface area contributed by atoms with Gasteiger partial charge in [-0.1, -0.05) is 0 Å². The summed E-state index contributed by atoms with van der Waals surface area (Å²) in [6.45, 7) is 0. The molecule has 1 saturated carbocycles. The Morgan fingerprint density at radius 2 is 2.20 bits per heavy atom. The number of rotatable bonds is 2. The first-order valence-corrected chi connectivity index (χ1v) is 7.50. The van der Waals surface area contributed by atoms with Crippen LogP contribution >= 0.6 is 11.3 Å². The molecule has 1 amide bonds. The van der Waals surface area contributed by atoms with E-state index in [-0.39, 0.29) is 11.4 Å². The van der Waals surface area contributed by atoms with Crippen LogP contribution in [0, 0.1) is 11.3 Å². The molecule has 104 valence electrons. The van der Waals surface area contributed by atoms with Crippen LogP contribution in [-0.2, 0) is 4.79 Å². The lowest BCUT2D eigenvalue weighted by atomic mass is 9.75. The van der Waals surface area contributed by atoms with E-state index in [0.717, 1.165) is 25.7 Å². The van der Waals surface area contributed by atoms with Crippen LogP contribution in [0.25, 0.3) is 0 Å². The highest BCUT2D eigenvalue weighted by atomic mass is 32.1. The lowest BCUT2D eigenvalue weighted by molar-refractivity contribution is -0.143. The quantitative estimate of drug-likeness (QED) is 0.905. The number of carbonyl (C=O) groups is 2. The first-order chi connectivity index (χ1) is 9.57. The SMILES string of the molecule is N#Cc1csc(C(=O)N2C(C(=O)O)CCC23CCC3)c1. The highest BCUT2D eigenvalue weighted by Crippen LogP contribution is 2.48. The van der Waals surface area contributed by atoms with Crippen LogP contribution in [0.4, 0.5) is 0 Å². The largest absolute Gasteiger partial charge is 0.480 e. The molecule has 2 heterocycles. The Morgan fingerprint density at radius 1 is 1.45 bits per heavy atom. The second-order valence-corrected chi connectivity index (χ2v) is 6.37. The predicted molar refractivity (Wildman–Crippen MR) is 72.4 cm³/mol. The number of carboxylic acid groups (broad SMARTS) is 1. The molecule has 6 heteroatoms. The fraction of sp³-hybridized carbons (Fsp3) is 0.500. The van der Waals surface area contributed by atoms with Gasteiger partial charge < -0.3 is 10.0 Å². The first-order valence-electron chi connectivity index (χ1n) is 6.62. The third kappa shape index (κ3) is 1.81. The molecule has 1 aliphatic carbocycles. The van der Waals surface area contributed by atoms with Gasteiger partial charge in [-0.2, -0.15) is 5.26 Å². The van der Waals surface area contributed by atoms with Crippen molar-refractivity contribution >= 4 is 23.2 Å². The van der Waals surface area contributed by atoms with Gasteiger partial charge in [0, 0.05) is 10.9 Å². The van der Waals surface area contributed by atoms with Gasteiger partial charge >= 0.3 is 5.97 Å². The van der Waals surface area contributed by atoms with Gasteiger partial charge in [-0.05, 0) is 38.2 Å². The van der Waals surface area contributed by atoms with Crippen LogP contribution in [-0.4, -0.2) is 33.5 Å². The molecule has 0 bridgehead atoms. The smallest absolute Gasteiger partial charge is 0.326 e. The maximum Gasteiger partial charge on any atom is 0.326 e. The summed E-state index contributed by atoms with van der Waals surface area (Å²) in [4.78, 5) is 26.1. The molecule has 0 radical (unpaired) electrons. The minimum atomic E-state index is -0.931.